The molecule has 0 saturated carbocycles. The van der Waals surface area contributed by atoms with Crippen LogP contribution in [-0.2, 0) is 19.2 Å². The maximum absolute atomic E-state index is 10.7. The molecule has 1 rings (SSSR count). The lowest BCUT2D eigenvalue weighted by atomic mass is 10.3. The van der Waals surface area contributed by atoms with Crippen molar-refractivity contribution in [3.05, 3.63) is 24.2 Å². The summed E-state index contributed by atoms with van der Waals surface area (Å²) in [6, 6.07) is 0. The van der Waals surface area contributed by atoms with Crippen molar-refractivity contribution in [1.29, 1.82) is 5.41 Å². The molecule has 0 aromatic heterocycles. The molecule has 0 radical (unpaired) electrons. The van der Waals surface area contributed by atoms with Gasteiger partial charge < -0.3 is 9.57 Å². The SMILES string of the molecule is N=C(C=O)/C=C\C1=CONC(=O)CO1. The molecule has 0 spiro atoms. The first kappa shape index (κ1) is 9.97. The molecule has 74 valence electrons. The molecule has 0 aromatic rings. The second kappa shape index (κ2) is 4.80. The van der Waals surface area contributed by atoms with Crippen LogP contribution in [0.1, 0.15) is 0 Å². The van der Waals surface area contributed by atoms with Gasteiger partial charge >= 0.3 is 0 Å². The fourth-order valence-corrected chi connectivity index (χ4v) is 0.664. The lowest BCUT2D eigenvalue weighted by molar-refractivity contribution is -0.131. The minimum absolute atomic E-state index is 0.162. The quantitative estimate of drug-likeness (QED) is 0.478. The Morgan fingerprint density at radius 2 is 2.43 bits per heavy atom. The first-order valence-corrected chi connectivity index (χ1v) is 3.71. The summed E-state index contributed by atoms with van der Waals surface area (Å²) in [6.45, 7) is -0.162. The smallest absolute Gasteiger partial charge is 0.290 e. The number of carbonyl (C=O) groups excluding carboxylic acids is 2. The number of amides is 1. The van der Waals surface area contributed by atoms with Gasteiger partial charge in [-0.1, -0.05) is 0 Å². The van der Waals surface area contributed by atoms with Crippen molar-refractivity contribution in [2.24, 2.45) is 0 Å². The summed E-state index contributed by atoms with van der Waals surface area (Å²) in [6.07, 6.45) is 4.15. The molecule has 0 unspecified atom stereocenters. The topological polar surface area (TPSA) is 88.5 Å². The van der Waals surface area contributed by atoms with Crippen molar-refractivity contribution in [2.45, 2.75) is 0 Å². The molecule has 0 saturated heterocycles. The van der Waals surface area contributed by atoms with Crippen LogP contribution in [0.3, 0.4) is 0 Å². The highest BCUT2D eigenvalue weighted by atomic mass is 16.7. The average molecular weight is 196 g/mol. The van der Waals surface area contributed by atoms with Gasteiger partial charge in [0.15, 0.2) is 24.9 Å². The summed E-state index contributed by atoms with van der Waals surface area (Å²) < 4.78 is 4.93. The maximum atomic E-state index is 10.7. The Balaban J connectivity index is 2.56. The molecular formula is C8H8N2O4. The van der Waals surface area contributed by atoms with E-state index in [1.54, 1.807) is 0 Å². The third-order valence-electron chi connectivity index (χ3n) is 1.27. The van der Waals surface area contributed by atoms with Crippen LogP contribution < -0.4 is 5.48 Å². The van der Waals surface area contributed by atoms with Gasteiger partial charge in [-0.25, -0.2) is 0 Å². The Hall–Kier alpha value is -2.11. The first-order valence-electron chi connectivity index (χ1n) is 3.71. The van der Waals surface area contributed by atoms with Crippen LogP contribution in [0.5, 0.6) is 0 Å². The summed E-state index contributed by atoms with van der Waals surface area (Å²) in [4.78, 5) is 25.4. The summed E-state index contributed by atoms with van der Waals surface area (Å²) in [5, 5.41) is 6.99. The van der Waals surface area contributed by atoms with E-state index in [-0.39, 0.29) is 18.1 Å². The molecule has 6 nitrogen and oxygen atoms in total. The van der Waals surface area contributed by atoms with Crippen molar-refractivity contribution in [1.82, 2.24) is 5.48 Å². The number of nitrogens with one attached hydrogen (secondary N) is 2. The number of ether oxygens (including phenoxy) is 1. The van der Waals surface area contributed by atoms with Crippen molar-refractivity contribution < 1.29 is 19.2 Å². The first-order chi connectivity index (χ1) is 6.72. The zero-order valence-corrected chi connectivity index (χ0v) is 7.15. The fourth-order valence-electron chi connectivity index (χ4n) is 0.664. The van der Waals surface area contributed by atoms with Crippen molar-refractivity contribution in [3.63, 3.8) is 0 Å². The van der Waals surface area contributed by atoms with E-state index in [0.717, 1.165) is 0 Å². The lowest BCUT2D eigenvalue weighted by Crippen LogP contribution is -2.23. The highest BCUT2D eigenvalue weighted by Crippen LogP contribution is 2.02. The van der Waals surface area contributed by atoms with Gasteiger partial charge in [0.1, 0.15) is 0 Å². The molecule has 0 fully saturated rings. The molecule has 0 bridgehead atoms. The third kappa shape index (κ3) is 3.10. The van der Waals surface area contributed by atoms with E-state index in [0.29, 0.717) is 6.29 Å². The van der Waals surface area contributed by atoms with E-state index in [1.165, 1.54) is 18.4 Å². The molecule has 1 aliphatic heterocycles. The maximum Gasteiger partial charge on any atom is 0.290 e. The number of aldehydes is 1. The molecule has 1 aliphatic rings. The van der Waals surface area contributed by atoms with Gasteiger partial charge in [-0.15, -0.1) is 0 Å². The van der Waals surface area contributed by atoms with E-state index < -0.39 is 5.91 Å². The molecule has 1 amide bonds. The van der Waals surface area contributed by atoms with Crippen LogP contribution in [0.15, 0.2) is 24.2 Å². The normalized spacial score (nSPS) is 16.0. The third-order valence-corrected chi connectivity index (χ3v) is 1.27. The summed E-state index contributed by atoms with van der Waals surface area (Å²) in [5.74, 6) is -0.148. The van der Waals surface area contributed by atoms with E-state index in [2.05, 4.69) is 10.3 Å². The standard InChI is InChI=1S/C8H8N2O4/c9-6(3-11)1-2-7-4-14-10-8(12)5-13-7/h1-4,9H,5H2,(H,10,12)/b2-1-,9-6?. The van der Waals surface area contributed by atoms with Gasteiger partial charge in [0.2, 0.25) is 0 Å². The lowest BCUT2D eigenvalue weighted by Gasteiger charge is -1.98. The zero-order valence-electron chi connectivity index (χ0n) is 7.15. The summed E-state index contributed by atoms with van der Waals surface area (Å²) in [5.41, 5.74) is 1.88. The Morgan fingerprint density at radius 1 is 1.64 bits per heavy atom. The number of hydrogen-bond acceptors (Lipinski definition) is 5. The number of rotatable bonds is 3. The number of hydroxylamine groups is 1. The Kier molecular flexibility index (Phi) is 3.42. The van der Waals surface area contributed by atoms with Crippen molar-refractivity contribution >= 4 is 17.9 Å². The minimum Gasteiger partial charge on any atom is -0.480 e. The van der Waals surface area contributed by atoms with Crippen molar-refractivity contribution in [3.8, 4) is 0 Å². The van der Waals surface area contributed by atoms with Gasteiger partial charge in [0, 0.05) is 0 Å². The predicted molar refractivity (Wildman–Crippen MR) is 46.2 cm³/mol. The number of hydrogen-bond donors (Lipinski definition) is 2. The molecule has 0 aromatic carbocycles. The minimum atomic E-state index is -0.407. The number of carbonyl (C=O) groups is 2. The summed E-state index contributed by atoms with van der Waals surface area (Å²) in [7, 11) is 0. The zero-order chi connectivity index (χ0) is 10.4. The van der Waals surface area contributed by atoms with E-state index in [4.69, 9.17) is 10.1 Å². The number of allylic oxidation sites excluding steroid dienone is 2. The highest BCUT2D eigenvalue weighted by molar-refractivity contribution is 6.32. The largest absolute Gasteiger partial charge is 0.480 e. The second-order valence-corrected chi connectivity index (χ2v) is 2.36. The molecule has 2 N–H and O–H groups in total. The van der Waals surface area contributed by atoms with E-state index >= 15 is 0 Å². The molecule has 0 atom stereocenters. The highest BCUT2D eigenvalue weighted by Gasteiger charge is 2.07. The van der Waals surface area contributed by atoms with Gasteiger partial charge in [0.25, 0.3) is 5.91 Å². The molecule has 0 aliphatic carbocycles. The van der Waals surface area contributed by atoms with Crippen LogP contribution in [0.25, 0.3) is 0 Å². The van der Waals surface area contributed by atoms with Crippen LogP contribution in [-0.4, -0.2) is 24.5 Å². The molecule has 1 heterocycles. The Labute approximate surface area is 79.6 Å². The van der Waals surface area contributed by atoms with E-state index in [9.17, 15) is 9.59 Å². The van der Waals surface area contributed by atoms with Crippen LogP contribution in [0.4, 0.5) is 0 Å². The monoisotopic (exact) mass is 196 g/mol. The van der Waals surface area contributed by atoms with Gasteiger partial charge in [-0.05, 0) is 12.2 Å². The van der Waals surface area contributed by atoms with Gasteiger partial charge in [0.05, 0.1) is 5.71 Å². The molecule has 6 heteroatoms. The van der Waals surface area contributed by atoms with Crippen molar-refractivity contribution in [2.75, 3.05) is 6.61 Å². The average Bonchev–Trinajstić information content (AvgIpc) is 2.39. The van der Waals surface area contributed by atoms with Crippen LogP contribution >= 0.6 is 0 Å². The Bertz CT molecular complexity index is 319. The van der Waals surface area contributed by atoms with Crippen LogP contribution in [0, 0.1) is 5.41 Å². The Morgan fingerprint density at radius 3 is 3.14 bits per heavy atom. The predicted octanol–water partition coefficient (Wildman–Crippen LogP) is -0.319. The molecule has 14 heavy (non-hydrogen) atoms. The molecular weight excluding hydrogens is 188 g/mol. The fraction of sp³-hybridized carbons (Fsp3) is 0.125. The second-order valence-electron chi connectivity index (χ2n) is 2.36. The van der Waals surface area contributed by atoms with Gasteiger partial charge in [-0.3, -0.25) is 15.0 Å². The van der Waals surface area contributed by atoms with Gasteiger partial charge in [-0.2, -0.15) is 5.48 Å². The van der Waals surface area contributed by atoms with Crippen LogP contribution in [0.2, 0.25) is 0 Å². The summed E-state index contributed by atoms with van der Waals surface area (Å²) >= 11 is 0. The van der Waals surface area contributed by atoms with E-state index in [1.807, 2.05) is 0 Å².